The molecule has 2 aromatic rings. The van der Waals surface area contributed by atoms with E-state index >= 15 is 0 Å². The standard InChI is InChI=1S/C15H16NO4P/c17-15(18)14(13-9-5-2-6-10-13)16-21(19,20)11-12-7-3-1-4-8-12/h1-10,14H,11H2,(H,17,18)(H2,16,19,20). The van der Waals surface area contributed by atoms with Crippen molar-refractivity contribution in [2.75, 3.05) is 0 Å². The van der Waals surface area contributed by atoms with E-state index in [4.69, 9.17) is 0 Å². The van der Waals surface area contributed by atoms with Crippen LogP contribution in [0.25, 0.3) is 0 Å². The van der Waals surface area contributed by atoms with Gasteiger partial charge in [-0.3, -0.25) is 9.36 Å². The molecule has 0 saturated carbocycles. The molecule has 0 radical (unpaired) electrons. The largest absolute Gasteiger partial charge is 0.480 e. The number of nitrogens with one attached hydrogen (secondary N) is 1. The Balaban J connectivity index is 2.16. The minimum Gasteiger partial charge on any atom is -0.480 e. The monoisotopic (exact) mass is 305 g/mol. The summed E-state index contributed by atoms with van der Waals surface area (Å²) in [4.78, 5) is 21.4. The Hall–Kier alpha value is -1.94. The topological polar surface area (TPSA) is 86.6 Å². The zero-order valence-corrected chi connectivity index (χ0v) is 12.1. The van der Waals surface area contributed by atoms with Crippen molar-refractivity contribution in [1.82, 2.24) is 5.09 Å². The van der Waals surface area contributed by atoms with Gasteiger partial charge in [-0.2, -0.15) is 0 Å². The number of rotatable bonds is 6. The smallest absolute Gasteiger partial charge is 0.325 e. The highest BCUT2D eigenvalue weighted by Crippen LogP contribution is 2.42. The Morgan fingerprint density at radius 2 is 1.57 bits per heavy atom. The second-order valence-electron chi connectivity index (χ2n) is 4.66. The Bertz CT molecular complexity index is 645. The van der Waals surface area contributed by atoms with Crippen LogP contribution in [0, 0.1) is 0 Å². The van der Waals surface area contributed by atoms with Crippen LogP contribution >= 0.6 is 7.52 Å². The molecule has 0 bridgehead atoms. The van der Waals surface area contributed by atoms with Crippen LogP contribution in [0.2, 0.25) is 0 Å². The van der Waals surface area contributed by atoms with Crippen LogP contribution in [0.1, 0.15) is 17.2 Å². The maximum absolute atomic E-state index is 12.3. The molecular formula is C15H16NO4P. The number of carboxylic acid groups (broad SMARTS) is 1. The van der Waals surface area contributed by atoms with E-state index in [-0.39, 0.29) is 6.16 Å². The number of aliphatic carboxylic acids is 1. The third-order valence-corrected chi connectivity index (χ3v) is 4.41. The molecule has 0 aliphatic heterocycles. The molecule has 6 heteroatoms. The van der Waals surface area contributed by atoms with E-state index in [9.17, 15) is 19.4 Å². The Morgan fingerprint density at radius 1 is 1.05 bits per heavy atom. The summed E-state index contributed by atoms with van der Waals surface area (Å²) in [5.74, 6) is -1.19. The van der Waals surface area contributed by atoms with E-state index in [0.717, 1.165) is 0 Å². The fourth-order valence-electron chi connectivity index (χ4n) is 2.00. The summed E-state index contributed by atoms with van der Waals surface area (Å²) in [6, 6.07) is 15.9. The SMILES string of the molecule is O=C(O)C(NP(=O)(O)Cc1ccccc1)c1ccccc1. The van der Waals surface area contributed by atoms with E-state index in [1.165, 1.54) is 0 Å². The summed E-state index contributed by atoms with van der Waals surface area (Å²) in [6.07, 6.45) is -0.121. The predicted octanol–water partition coefficient (Wildman–Crippen LogP) is 2.79. The molecule has 2 rings (SSSR count). The molecule has 2 aromatic carbocycles. The van der Waals surface area contributed by atoms with Crippen molar-refractivity contribution >= 4 is 13.5 Å². The molecule has 0 amide bonds. The summed E-state index contributed by atoms with van der Waals surface area (Å²) in [6.45, 7) is 0. The van der Waals surface area contributed by atoms with Crippen molar-refractivity contribution in [1.29, 1.82) is 0 Å². The van der Waals surface area contributed by atoms with Crippen LogP contribution in [0.4, 0.5) is 0 Å². The van der Waals surface area contributed by atoms with Gasteiger partial charge in [0.1, 0.15) is 6.04 Å². The summed E-state index contributed by atoms with van der Waals surface area (Å²) in [5.41, 5.74) is 1.11. The van der Waals surface area contributed by atoms with Gasteiger partial charge in [0, 0.05) is 0 Å². The third kappa shape index (κ3) is 4.53. The van der Waals surface area contributed by atoms with E-state index < -0.39 is 19.5 Å². The van der Waals surface area contributed by atoms with Crippen LogP contribution in [0.3, 0.4) is 0 Å². The first kappa shape index (κ1) is 15.4. The van der Waals surface area contributed by atoms with E-state index in [1.807, 2.05) is 6.07 Å². The molecule has 0 saturated heterocycles. The van der Waals surface area contributed by atoms with Crippen molar-refractivity contribution in [3.05, 3.63) is 71.8 Å². The highest BCUT2D eigenvalue weighted by atomic mass is 31.2. The molecule has 0 aliphatic rings. The highest BCUT2D eigenvalue weighted by molar-refractivity contribution is 7.55. The maximum Gasteiger partial charge on any atom is 0.325 e. The van der Waals surface area contributed by atoms with Gasteiger partial charge in [0.25, 0.3) is 7.52 Å². The molecule has 3 N–H and O–H groups in total. The van der Waals surface area contributed by atoms with Crippen LogP contribution in [0.15, 0.2) is 60.7 Å². The van der Waals surface area contributed by atoms with Crippen LogP contribution in [-0.2, 0) is 15.5 Å². The van der Waals surface area contributed by atoms with Gasteiger partial charge < -0.3 is 10.00 Å². The van der Waals surface area contributed by atoms with E-state index in [0.29, 0.717) is 11.1 Å². The molecule has 21 heavy (non-hydrogen) atoms. The van der Waals surface area contributed by atoms with Crippen LogP contribution < -0.4 is 5.09 Å². The summed E-state index contributed by atoms with van der Waals surface area (Å²) in [5, 5.41) is 11.6. The molecule has 0 aliphatic carbocycles. The van der Waals surface area contributed by atoms with Gasteiger partial charge in [0.05, 0.1) is 6.16 Å². The van der Waals surface area contributed by atoms with Crippen molar-refractivity contribution in [3.8, 4) is 0 Å². The fourth-order valence-corrected chi connectivity index (χ4v) is 3.46. The lowest BCUT2D eigenvalue weighted by atomic mass is 10.1. The normalized spacial score (nSPS) is 15.1. The van der Waals surface area contributed by atoms with Crippen molar-refractivity contribution in [2.45, 2.75) is 12.2 Å². The number of carboxylic acids is 1. The first-order valence-corrected chi connectivity index (χ1v) is 8.24. The minimum absolute atomic E-state index is 0.121. The number of benzene rings is 2. The zero-order valence-electron chi connectivity index (χ0n) is 11.2. The molecule has 0 aromatic heterocycles. The number of hydrogen-bond donors (Lipinski definition) is 3. The average molecular weight is 305 g/mol. The Kier molecular flexibility index (Phi) is 4.91. The Morgan fingerprint density at radius 3 is 2.10 bits per heavy atom. The van der Waals surface area contributed by atoms with E-state index in [2.05, 4.69) is 5.09 Å². The molecule has 2 atom stereocenters. The second kappa shape index (κ2) is 6.68. The van der Waals surface area contributed by atoms with Crippen molar-refractivity contribution in [2.24, 2.45) is 0 Å². The highest BCUT2D eigenvalue weighted by Gasteiger charge is 2.29. The van der Waals surface area contributed by atoms with Crippen molar-refractivity contribution in [3.63, 3.8) is 0 Å². The van der Waals surface area contributed by atoms with Gasteiger partial charge in [-0.05, 0) is 11.1 Å². The van der Waals surface area contributed by atoms with Gasteiger partial charge in [0.2, 0.25) is 0 Å². The van der Waals surface area contributed by atoms with Gasteiger partial charge >= 0.3 is 5.97 Å². The predicted molar refractivity (Wildman–Crippen MR) is 79.9 cm³/mol. The summed E-state index contributed by atoms with van der Waals surface area (Å²) in [7, 11) is -3.82. The van der Waals surface area contributed by atoms with Crippen LogP contribution in [-0.4, -0.2) is 16.0 Å². The van der Waals surface area contributed by atoms with Gasteiger partial charge in [-0.15, -0.1) is 0 Å². The van der Waals surface area contributed by atoms with Gasteiger partial charge in [0.15, 0.2) is 0 Å². The van der Waals surface area contributed by atoms with Crippen molar-refractivity contribution < 1.29 is 19.4 Å². The number of carbonyl (C=O) groups is 1. The molecule has 0 fully saturated rings. The lowest BCUT2D eigenvalue weighted by molar-refractivity contribution is -0.139. The average Bonchev–Trinajstić information content (AvgIpc) is 2.46. The molecule has 110 valence electrons. The summed E-state index contributed by atoms with van der Waals surface area (Å²) >= 11 is 0. The number of hydrogen-bond acceptors (Lipinski definition) is 2. The lowest BCUT2D eigenvalue weighted by Gasteiger charge is -2.19. The fraction of sp³-hybridized carbons (Fsp3) is 0.133. The molecule has 2 unspecified atom stereocenters. The quantitative estimate of drug-likeness (QED) is 0.714. The molecular weight excluding hydrogens is 289 g/mol. The second-order valence-corrected chi connectivity index (χ2v) is 6.63. The summed E-state index contributed by atoms with van der Waals surface area (Å²) < 4.78 is 12.3. The maximum atomic E-state index is 12.3. The molecule has 0 heterocycles. The molecule has 5 nitrogen and oxygen atoms in total. The lowest BCUT2D eigenvalue weighted by Crippen LogP contribution is -2.26. The third-order valence-electron chi connectivity index (χ3n) is 2.95. The Labute approximate surface area is 122 Å². The van der Waals surface area contributed by atoms with E-state index in [1.54, 1.807) is 54.6 Å². The molecule has 0 spiro atoms. The van der Waals surface area contributed by atoms with Gasteiger partial charge in [-0.1, -0.05) is 60.7 Å². The first-order valence-electron chi connectivity index (χ1n) is 6.39. The zero-order chi connectivity index (χ0) is 15.3. The minimum atomic E-state index is -3.82. The van der Waals surface area contributed by atoms with Crippen LogP contribution in [0.5, 0.6) is 0 Å². The van der Waals surface area contributed by atoms with Gasteiger partial charge in [-0.25, -0.2) is 5.09 Å². The first-order chi connectivity index (χ1) is 9.98.